The second kappa shape index (κ2) is 7.71. The summed E-state index contributed by atoms with van der Waals surface area (Å²) in [7, 11) is 0. The van der Waals surface area contributed by atoms with Crippen molar-refractivity contribution in [3.05, 3.63) is 99.6 Å². The van der Waals surface area contributed by atoms with Gasteiger partial charge in [-0.15, -0.1) is 0 Å². The average molecular weight is 420 g/mol. The number of fused-ring (bicyclic) bond motifs is 1. The van der Waals surface area contributed by atoms with Crippen LogP contribution in [-0.2, 0) is 16.9 Å². The zero-order valence-corrected chi connectivity index (χ0v) is 17.6. The number of anilines is 1. The van der Waals surface area contributed by atoms with E-state index in [-0.39, 0.29) is 12.2 Å². The number of halogens is 1. The summed E-state index contributed by atoms with van der Waals surface area (Å²) >= 11 is 6.15. The van der Waals surface area contributed by atoms with E-state index < -0.39 is 11.5 Å². The predicted octanol–water partition coefficient (Wildman–Crippen LogP) is 4.96. The number of aryl methyl sites for hydroxylation is 2. The largest absolute Gasteiger partial charge is 0.375 e. The molecule has 0 radical (unpaired) electrons. The summed E-state index contributed by atoms with van der Waals surface area (Å²) in [4.78, 5) is 27.9. The molecule has 0 aromatic heterocycles. The number of Topliss-reactive ketones (excluding diaryl/α,β-unsaturated/α-hetero) is 1. The Kier molecular flexibility index (Phi) is 5.22. The standard InChI is InChI=1S/C25H22ClNO3/c1-16-11-12-18(17(2)13-16)15-27-22-10-6-4-8-20(22)25(30,24(27)29)14-23(28)19-7-3-5-9-21(19)26/h3-13,30H,14-15H2,1-2H3/t25-/m0/s1. The van der Waals surface area contributed by atoms with E-state index in [0.29, 0.717) is 28.4 Å². The molecule has 1 N–H and O–H groups in total. The molecule has 5 heteroatoms. The van der Waals surface area contributed by atoms with Crippen molar-refractivity contribution in [1.82, 2.24) is 0 Å². The van der Waals surface area contributed by atoms with Gasteiger partial charge < -0.3 is 10.0 Å². The summed E-state index contributed by atoms with van der Waals surface area (Å²) in [5.74, 6) is -0.872. The number of para-hydroxylation sites is 1. The molecule has 0 unspecified atom stereocenters. The quantitative estimate of drug-likeness (QED) is 0.594. The Morgan fingerprint density at radius 1 is 1.03 bits per heavy atom. The summed E-state index contributed by atoms with van der Waals surface area (Å²) in [5.41, 5.74) is 2.65. The van der Waals surface area contributed by atoms with E-state index in [0.717, 1.165) is 16.7 Å². The summed E-state index contributed by atoms with van der Waals surface area (Å²) in [6.07, 6.45) is -0.365. The Balaban J connectivity index is 1.70. The zero-order chi connectivity index (χ0) is 21.5. The maximum atomic E-state index is 13.4. The minimum Gasteiger partial charge on any atom is -0.375 e. The predicted molar refractivity (Wildman–Crippen MR) is 118 cm³/mol. The molecule has 0 aliphatic carbocycles. The van der Waals surface area contributed by atoms with Gasteiger partial charge in [-0.25, -0.2) is 0 Å². The van der Waals surface area contributed by atoms with Crippen LogP contribution < -0.4 is 4.90 Å². The fourth-order valence-electron chi connectivity index (χ4n) is 4.04. The molecule has 0 spiro atoms. The van der Waals surface area contributed by atoms with Gasteiger partial charge in [-0.1, -0.05) is 65.7 Å². The fourth-order valence-corrected chi connectivity index (χ4v) is 4.28. The van der Waals surface area contributed by atoms with Gasteiger partial charge >= 0.3 is 0 Å². The number of ketones is 1. The lowest BCUT2D eigenvalue weighted by Crippen LogP contribution is -2.41. The fraction of sp³-hybridized carbons (Fsp3) is 0.200. The molecule has 1 aliphatic rings. The molecule has 1 aliphatic heterocycles. The van der Waals surface area contributed by atoms with Gasteiger partial charge in [0.15, 0.2) is 11.4 Å². The lowest BCUT2D eigenvalue weighted by Gasteiger charge is -2.23. The van der Waals surface area contributed by atoms with Crippen LogP contribution in [0.25, 0.3) is 0 Å². The first kappa shape index (κ1) is 20.3. The summed E-state index contributed by atoms with van der Waals surface area (Å²) in [5, 5.41) is 11.7. The topological polar surface area (TPSA) is 57.6 Å². The third kappa shape index (κ3) is 3.42. The molecular weight excluding hydrogens is 398 g/mol. The smallest absolute Gasteiger partial charge is 0.264 e. The Hall–Kier alpha value is -2.95. The van der Waals surface area contributed by atoms with Crippen LogP contribution >= 0.6 is 11.6 Å². The van der Waals surface area contributed by atoms with Crippen molar-refractivity contribution in [2.45, 2.75) is 32.4 Å². The maximum Gasteiger partial charge on any atom is 0.264 e. The lowest BCUT2D eigenvalue weighted by molar-refractivity contribution is -0.136. The average Bonchev–Trinajstić information content (AvgIpc) is 2.92. The van der Waals surface area contributed by atoms with Gasteiger partial charge in [0.1, 0.15) is 0 Å². The lowest BCUT2D eigenvalue weighted by atomic mass is 9.88. The van der Waals surface area contributed by atoms with Gasteiger partial charge in [0, 0.05) is 11.1 Å². The minimum atomic E-state index is -1.93. The molecule has 152 valence electrons. The zero-order valence-electron chi connectivity index (χ0n) is 16.9. The van der Waals surface area contributed by atoms with Crippen molar-refractivity contribution >= 4 is 29.0 Å². The third-order valence-electron chi connectivity index (χ3n) is 5.66. The molecule has 1 heterocycles. The first-order valence-electron chi connectivity index (χ1n) is 9.79. The minimum absolute atomic E-state index is 0.297. The Labute approximate surface area is 180 Å². The first-order chi connectivity index (χ1) is 14.3. The molecule has 0 bridgehead atoms. The number of carbonyl (C=O) groups is 2. The van der Waals surface area contributed by atoms with Crippen LogP contribution in [-0.4, -0.2) is 16.8 Å². The second-order valence-electron chi connectivity index (χ2n) is 7.78. The highest BCUT2D eigenvalue weighted by atomic mass is 35.5. The van der Waals surface area contributed by atoms with Gasteiger partial charge in [0.05, 0.1) is 23.7 Å². The summed E-state index contributed by atoms with van der Waals surface area (Å²) in [6.45, 7) is 4.35. The molecule has 4 nitrogen and oxygen atoms in total. The van der Waals surface area contributed by atoms with E-state index in [2.05, 4.69) is 6.07 Å². The molecule has 3 aromatic carbocycles. The second-order valence-corrected chi connectivity index (χ2v) is 8.19. The Morgan fingerprint density at radius 3 is 2.47 bits per heavy atom. The first-order valence-corrected chi connectivity index (χ1v) is 10.2. The number of hydrogen-bond acceptors (Lipinski definition) is 3. The normalized spacial score (nSPS) is 17.9. The van der Waals surface area contributed by atoms with Crippen LogP contribution in [0.5, 0.6) is 0 Å². The summed E-state index contributed by atoms with van der Waals surface area (Å²) in [6, 6.07) is 19.8. The van der Waals surface area contributed by atoms with Crippen molar-refractivity contribution < 1.29 is 14.7 Å². The van der Waals surface area contributed by atoms with Crippen molar-refractivity contribution in [3.8, 4) is 0 Å². The number of rotatable bonds is 5. The molecule has 4 rings (SSSR count). The monoisotopic (exact) mass is 419 g/mol. The van der Waals surface area contributed by atoms with E-state index >= 15 is 0 Å². The van der Waals surface area contributed by atoms with Crippen LogP contribution in [0.4, 0.5) is 5.69 Å². The van der Waals surface area contributed by atoms with Gasteiger partial charge in [-0.05, 0) is 43.2 Å². The van der Waals surface area contributed by atoms with E-state index in [4.69, 9.17) is 11.6 Å². The number of hydrogen-bond donors (Lipinski definition) is 1. The number of carbonyl (C=O) groups excluding carboxylic acids is 2. The van der Waals surface area contributed by atoms with Crippen LogP contribution in [0.1, 0.15) is 39.0 Å². The van der Waals surface area contributed by atoms with E-state index in [1.807, 2.05) is 32.0 Å². The number of nitrogens with zero attached hydrogens (tertiary/aromatic N) is 1. The Bertz CT molecular complexity index is 1160. The van der Waals surface area contributed by atoms with Crippen LogP contribution in [0, 0.1) is 13.8 Å². The highest BCUT2D eigenvalue weighted by Crippen LogP contribution is 2.44. The highest BCUT2D eigenvalue weighted by molar-refractivity contribution is 6.34. The molecule has 1 atom stereocenters. The third-order valence-corrected chi connectivity index (χ3v) is 5.99. The van der Waals surface area contributed by atoms with Crippen LogP contribution in [0.2, 0.25) is 5.02 Å². The van der Waals surface area contributed by atoms with Gasteiger partial charge in [0.25, 0.3) is 5.91 Å². The number of benzene rings is 3. The SMILES string of the molecule is Cc1ccc(CN2C(=O)[C@](O)(CC(=O)c3ccccc3Cl)c3ccccc32)c(C)c1. The Morgan fingerprint density at radius 2 is 1.73 bits per heavy atom. The van der Waals surface area contributed by atoms with Crippen LogP contribution in [0.3, 0.4) is 0 Å². The van der Waals surface area contributed by atoms with Crippen LogP contribution in [0.15, 0.2) is 66.7 Å². The molecule has 0 fully saturated rings. The van der Waals surface area contributed by atoms with Crippen molar-refractivity contribution in [2.24, 2.45) is 0 Å². The molecule has 30 heavy (non-hydrogen) atoms. The molecule has 1 amide bonds. The van der Waals surface area contributed by atoms with E-state index in [1.54, 1.807) is 47.4 Å². The molecule has 3 aromatic rings. The van der Waals surface area contributed by atoms with Gasteiger partial charge in [-0.2, -0.15) is 0 Å². The van der Waals surface area contributed by atoms with Gasteiger partial charge in [-0.3, -0.25) is 9.59 Å². The molecule has 0 saturated heterocycles. The maximum absolute atomic E-state index is 13.4. The van der Waals surface area contributed by atoms with E-state index in [9.17, 15) is 14.7 Å². The molecular formula is C25H22ClNO3. The number of amides is 1. The van der Waals surface area contributed by atoms with Gasteiger partial charge in [0.2, 0.25) is 0 Å². The van der Waals surface area contributed by atoms with Crippen molar-refractivity contribution in [1.29, 1.82) is 0 Å². The summed E-state index contributed by atoms with van der Waals surface area (Å²) < 4.78 is 0. The molecule has 0 saturated carbocycles. The van der Waals surface area contributed by atoms with Crippen molar-refractivity contribution in [3.63, 3.8) is 0 Å². The van der Waals surface area contributed by atoms with Crippen molar-refractivity contribution in [2.75, 3.05) is 4.90 Å². The highest BCUT2D eigenvalue weighted by Gasteiger charge is 2.50. The number of aliphatic hydroxyl groups is 1. The van der Waals surface area contributed by atoms with E-state index in [1.165, 1.54) is 0 Å².